The fourth-order valence-corrected chi connectivity index (χ4v) is 6.80. The molecular weight excluding hydrogens is 554 g/mol. The average molecular weight is 594 g/mol. The van der Waals surface area contributed by atoms with Crippen molar-refractivity contribution in [1.29, 1.82) is 0 Å². The summed E-state index contributed by atoms with van der Waals surface area (Å²) in [5.41, 5.74) is 5.31. The lowest BCUT2D eigenvalue weighted by Crippen LogP contribution is -2.43. The first-order chi connectivity index (χ1) is 21.2. The van der Waals surface area contributed by atoms with Crippen molar-refractivity contribution in [2.45, 2.75) is 51.4 Å². The van der Waals surface area contributed by atoms with Gasteiger partial charge in [0.1, 0.15) is 0 Å². The maximum Gasteiger partial charge on any atom is 0.336 e. The molecule has 1 saturated heterocycles. The Morgan fingerprint density at radius 1 is 0.886 bits per heavy atom. The highest BCUT2D eigenvalue weighted by atomic mass is 16.6. The Bertz CT molecular complexity index is 1530. The number of esters is 1. The zero-order valence-electron chi connectivity index (χ0n) is 25.5. The van der Waals surface area contributed by atoms with Crippen LogP contribution >= 0.6 is 0 Å². The van der Waals surface area contributed by atoms with Crippen LogP contribution in [0.2, 0.25) is 0 Å². The van der Waals surface area contributed by atoms with Crippen LogP contribution in [0.3, 0.4) is 0 Å². The minimum Gasteiger partial charge on any atom is -0.462 e. The van der Waals surface area contributed by atoms with E-state index in [1.165, 1.54) is 30.2 Å². The zero-order chi connectivity index (χ0) is 31.3. The first kappa shape index (κ1) is 30.9. The van der Waals surface area contributed by atoms with Gasteiger partial charge in [-0.1, -0.05) is 72.8 Å². The van der Waals surface area contributed by atoms with E-state index >= 15 is 0 Å². The number of non-ortho nitro benzene ring substituents is 1. The summed E-state index contributed by atoms with van der Waals surface area (Å²) in [6.07, 6.45) is 2.70. The number of nitrogens with one attached hydrogen (secondary N) is 1. The van der Waals surface area contributed by atoms with Crippen molar-refractivity contribution in [3.63, 3.8) is 0 Å². The molecule has 8 nitrogen and oxygen atoms in total. The number of ether oxygens (including phenoxy) is 1. The number of benzene rings is 3. The molecule has 44 heavy (non-hydrogen) atoms. The number of allylic oxidation sites excluding steroid dienone is 3. The molecule has 0 radical (unpaired) electrons. The number of carbonyl (C=O) groups excluding carboxylic acids is 2. The molecule has 0 bridgehead atoms. The fourth-order valence-electron chi connectivity index (χ4n) is 6.80. The van der Waals surface area contributed by atoms with Gasteiger partial charge in [0, 0.05) is 47.0 Å². The Morgan fingerprint density at radius 3 is 1.95 bits per heavy atom. The lowest BCUT2D eigenvalue weighted by atomic mass is 9.68. The number of rotatable bonds is 10. The SMILES string of the molecule is CC(=O)C1=C(C)NC(C)=C(C(=O)OCCCN2CCC(c3ccccc3)(c3ccccc3)CC2)C1c1ccc([N+](=O)[O-])cc1. The molecule has 2 aliphatic heterocycles. The van der Waals surface area contributed by atoms with Gasteiger partial charge >= 0.3 is 5.97 Å². The molecule has 2 heterocycles. The third kappa shape index (κ3) is 6.36. The van der Waals surface area contributed by atoms with Crippen molar-refractivity contribution in [2.75, 3.05) is 26.2 Å². The number of carbonyl (C=O) groups is 2. The highest BCUT2D eigenvalue weighted by molar-refractivity contribution is 6.02. The van der Waals surface area contributed by atoms with Gasteiger partial charge < -0.3 is 15.0 Å². The van der Waals surface area contributed by atoms with E-state index in [9.17, 15) is 19.7 Å². The summed E-state index contributed by atoms with van der Waals surface area (Å²) in [7, 11) is 0. The van der Waals surface area contributed by atoms with Crippen LogP contribution in [-0.2, 0) is 19.7 Å². The molecule has 2 aliphatic rings. The molecular formula is C36H39N3O5. The number of hydrogen-bond acceptors (Lipinski definition) is 7. The van der Waals surface area contributed by atoms with Gasteiger partial charge in [-0.15, -0.1) is 0 Å². The second-order valence-electron chi connectivity index (χ2n) is 11.7. The van der Waals surface area contributed by atoms with Gasteiger partial charge in [0.25, 0.3) is 5.69 Å². The molecule has 1 unspecified atom stereocenters. The molecule has 0 spiro atoms. The minimum atomic E-state index is -0.673. The maximum atomic E-state index is 13.5. The Hall–Kier alpha value is -4.56. The maximum absolute atomic E-state index is 13.5. The summed E-state index contributed by atoms with van der Waals surface area (Å²) < 4.78 is 5.79. The molecule has 8 heteroatoms. The molecule has 0 saturated carbocycles. The van der Waals surface area contributed by atoms with Gasteiger partial charge in [-0.25, -0.2) is 4.79 Å². The van der Waals surface area contributed by atoms with E-state index in [0.717, 1.165) is 32.5 Å². The van der Waals surface area contributed by atoms with Crippen LogP contribution in [0.1, 0.15) is 62.6 Å². The fraction of sp³-hybridized carbons (Fsp3) is 0.333. The van der Waals surface area contributed by atoms with Crippen molar-refractivity contribution in [1.82, 2.24) is 10.2 Å². The molecule has 1 fully saturated rings. The van der Waals surface area contributed by atoms with Crippen LogP contribution in [0.25, 0.3) is 0 Å². The third-order valence-corrected chi connectivity index (χ3v) is 9.01. The highest BCUT2D eigenvalue weighted by Gasteiger charge is 2.38. The summed E-state index contributed by atoms with van der Waals surface area (Å²) in [6, 6.07) is 27.5. The number of nitro benzene ring substituents is 1. The van der Waals surface area contributed by atoms with Gasteiger partial charge in [0.15, 0.2) is 5.78 Å². The molecule has 5 rings (SSSR count). The van der Waals surface area contributed by atoms with Crippen LogP contribution < -0.4 is 5.32 Å². The third-order valence-electron chi connectivity index (χ3n) is 9.01. The Balaban J connectivity index is 1.23. The molecule has 228 valence electrons. The van der Waals surface area contributed by atoms with Crippen LogP contribution in [-0.4, -0.2) is 47.8 Å². The van der Waals surface area contributed by atoms with Gasteiger partial charge in [0.05, 0.1) is 17.1 Å². The van der Waals surface area contributed by atoms with E-state index in [1.54, 1.807) is 26.0 Å². The van der Waals surface area contributed by atoms with Crippen LogP contribution in [0.4, 0.5) is 5.69 Å². The standard InChI is InChI=1S/C36H39N3O5/c1-25-32(27(3)40)34(28-15-17-31(18-16-28)39(42)43)33(26(2)37-25)35(41)44-24-10-21-38-22-19-36(20-23-38,29-11-6-4-7-12-29)30-13-8-5-9-14-30/h4-9,11-18,34,37H,10,19-24H2,1-3H3. The molecule has 0 aliphatic carbocycles. The van der Waals surface area contributed by atoms with Crippen molar-refractivity contribution in [3.8, 4) is 0 Å². The Labute approximate surface area is 258 Å². The van der Waals surface area contributed by atoms with Gasteiger partial charge in [-0.3, -0.25) is 14.9 Å². The van der Waals surface area contributed by atoms with Crippen molar-refractivity contribution in [2.24, 2.45) is 0 Å². The van der Waals surface area contributed by atoms with E-state index in [2.05, 4.69) is 70.9 Å². The van der Waals surface area contributed by atoms with Crippen molar-refractivity contribution < 1.29 is 19.2 Å². The molecule has 0 aromatic heterocycles. The van der Waals surface area contributed by atoms with Crippen LogP contribution in [0, 0.1) is 10.1 Å². The second-order valence-corrected chi connectivity index (χ2v) is 11.7. The van der Waals surface area contributed by atoms with E-state index < -0.39 is 16.8 Å². The van der Waals surface area contributed by atoms with Gasteiger partial charge in [-0.2, -0.15) is 0 Å². The van der Waals surface area contributed by atoms with Gasteiger partial charge in [0.2, 0.25) is 0 Å². The normalized spacial score (nSPS) is 18.5. The largest absolute Gasteiger partial charge is 0.462 e. The second kappa shape index (κ2) is 13.4. The number of Topliss-reactive ketones (excluding diaryl/α,β-unsaturated/α-hetero) is 1. The summed E-state index contributed by atoms with van der Waals surface area (Å²) in [6.45, 7) is 8.00. The van der Waals surface area contributed by atoms with E-state index in [0.29, 0.717) is 34.5 Å². The van der Waals surface area contributed by atoms with Crippen molar-refractivity contribution in [3.05, 3.63) is 134 Å². The minimum absolute atomic E-state index is 0.0174. The van der Waals surface area contributed by atoms with E-state index in [4.69, 9.17) is 4.74 Å². The summed E-state index contributed by atoms with van der Waals surface area (Å²) in [5, 5.41) is 14.4. The molecule has 1 atom stereocenters. The number of nitro groups is 1. The predicted molar refractivity (Wildman–Crippen MR) is 170 cm³/mol. The Morgan fingerprint density at radius 2 is 1.43 bits per heavy atom. The topological polar surface area (TPSA) is 102 Å². The monoisotopic (exact) mass is 593 g/mol. The number of hydrogen-bond donors (Lipinski definition) is 1. The number of piperidine rings is 1. The Kier molecular flexibility index (Phi) is 9.40. The number of nitrogens with zero attached hydrogens (tertiary/aromatic N) is 2. The quantitative estimate of drug-likeness (QED) is 0.125. The molecule has 1 N–H and O–H groups in total. The summed E-state index contributed by atoms with van der Waals surface area (Å²) in [5.74, 6) is -1.34. The average Bonchev–Trinajstić information content (AvgIpc) is 3.03. The van der Waals surface area contributed by atoms with Crippen LogP contribution in [0.5, 0.6) is 0 Å². The lowest BCUT2D eigenvalue weighted by molar-refractivity contribution is -0.384. The smallest absolute Gasteiger partial charge is 0.336 e. The van der Waals surface area contributed by atoms with E-state index in [1.807, 2.05) is 0 Å². The zero-order valence-corrected chi connectivity index (χ0v) is 25.5. The molecule has 3 aromatic rings. The van der Waals surface area contributed by atoms with Gasteiger partial charge in [-0.05, 0) is 69.8 Å². The number of likely N-dealkylation sites (tertiary alicyclic amines) is 1. The van der Waals surface area contributed by atoms with E-state index in [-0.39, 0.29) is 23.5 Å². The molecule has 0 amide bonds. The number of ketones is 1. The van der Waals surface area contributed by atoms with Crippen molar-refractivity contribution >= 4 is 17.4 Å². The first-order valence-electron chi connectivity index (χ1n) is 15.2. The number of dihydropyridines is 1. The highest BCUT2D eigenvalue weighted by Crippen LogP contribution is 2.42. The summed E-state index contributed by atoms with van der Waals surface area (Å²) in [4.78, 5) is 39.4. The van der Waals surface area contributed by atoms with Crippen LogP contribution in [0.15, 0.2) is 107 Å². The summed E-state index contributed by atoms with van der Waals surface area (Å²) >= 11 is 0. The first-order valence-corrected chi connectivity index (χ1v) is 15.2. The lowest BCUT2D eigenvalue weighted by Gasteiger charge is -2.43. The predicted octanol–water partition coefficient (Wildman–Crippen LogP) is 6.43. The molecule has 3 aromatic carbocycles.